The monoisotopic (exact) mass is 396 g/mol. The summed E-state index contributed by atoms with van der Waals surface area (Å²) in [4.78, 5) is 0. The zero-order valence-electron chi connectivity index (χ0n) is 15.0. The number of sulfonamides is 1. The van der Waals surface area contributed by atoms with Gasteiger partial charge in [0.1, 0.15) is 5.82 Å². The molecule has 27 heavy (non-hydrogen) atoms. The maximum Gasteiger partial charge on any atom is 0.266 e. The van der Waals surface area contributed by atoms with Gasteiger partial charge in [-0.25, -0.2) is 21.6 Å². The molecule has 0 unspecified atom stereocenters. The van der Waals surface area contributed by atoms with Gasteiger partial charge in [0.25, 0.3) is 6.43 Å². The van der Waals surface area contributed by atoms with Crippen molar-refractivity contribution in [3.63, 3.8) is 0 Å². The molecule has 1 aromatic heterocycles. The van der Waals surface area contributed by atoms with Gasteiger partial charge in [0.05, 0.1) is 23.0 Å². The van der Waals surface area contributed by atoms with Gasteiger partial charge in [-0.2, -0.15) is 0 Å². The molecule has 144 valence electrons. The minimum atomic E-state index is -3.43. The van der Waals surface area contributed by atoms with E-state index in [0.29, 0.717) is 16.8 Å². The van der Waals surface area contributed by atoms with Gasteiger partial charge < -0.3 is 4.57 Å². The van der Waals surface area contributed by atoms with Crippen molar-refractivity contribution in [1.82, 2.24) is 4.57 Å². The third-order valence-corrected chi connectivity index (χ3v) is 4.84. The van der Waals surface area contributed by atoms with Gasteiger partial charge in [-0.3, -0.25) is 4.72 Å². The van der Waals surface area contributed by atoms with E-state index in [9.17, 15) is 21.6 Å². The fourth-order valence-corrected chi connectivity index (χ4v) is 3.62. The largest absolute Gasteiger partial charge is 0.344 e. The number of alkyl halides is 2. The summed E-state index contributed by atoms with van der Waals surface area (Å²) in [5.41, 5.74) is 1.65. The summed E-state index contributed by atoms with van der Waals surface area (Å²) in [6.45, 7) is 3.91. The summed E-state index contributed by atoms with van der Waals surface area (Å²) < 4.78 is 67.1. The molecule has 0 saturated carbocycles. The Morgan fingerprint density at radius 2 is 1.78 bits per heavy atom. The second-order valence-electron chi connectivity index (χ2n) is 6.69. The van der Waals surface area contributed by atoms with Crippen molar-refractivity contribution in [2.24, 2.45) is 0 Å². The highest BCUT2D eigenvalue weighted by atomic mass is 32.2. The molecule has 0 saturated heterocycles. The molecule has 0 fully saturated rings. The van der Waals surface area contributed by atoms with Crippen LogP contribution >= 0.6 is 0 Å². The molecule has 0 amide bonds. The molecule has 0 aliphatic carbocycles. The predicted molar refractivity (Wildman–Crippen MR) is 101 cm³/mol. The van der Waals surface area contributed by atoms with Crippen molar-refractivity contribution in [1.29, 1.82) is 0 Å². The number of fused-ring (bicyclic) bond motifs is 1. The summed E-state index contributed by atoms with van der Waals surface area (Å²) in [5, 5.41) is 0.759. The van der Waals surface area contributed by atoms with Crippen LogP contribution in [0.5, 0.6) is 0 Å². The lowest BCUT2D eigenvalue weighted by molar-refractivity contribution is 0.146. The van der Waals surface area contributed by atoms with E-state index in [0.717, 1.165) is 29.3 Å². The van der Waals surface area contributed by atoms with Gasteiger partial charge >= 0.3 is 0 Å². The highest BCUT2D eigenvalue weighted by molar-refractivity contribution is 7.92. The fourth-order valence-electron chi connectivity index (χ4n) is 3.06. The summed E-state index contributed by atoms with van der Waals surface area (Å²) in [6.07, 6.45) is -0.0368. The van der Waals surface area contributed by atoms with Crippen molar-refractivity contribution in [3.05, 3.63) is 54.0 Å². The minimum Gasteiger partial charge on any atom is -0.344 e. The first kappa shape index (κ1) is 19.3. The van der Waals surface area contributed by atoms with Crippen molar-refractivity contribution < 1.29 is 21.6 Å². The molecule has 1 N–H and O–H groups in total. The Labute approximate surface area is 155 Å². The predicted octanol–water partition coefficient (Wildman–Crippen LogP) is 5.34. The summed E-state index contributed by atoms with van der Waals surface area (Å²) in [7, 11) is -3.43. The summed E-state index contributed by atoms with van der Waals surface area (Å²) >= 11 is 0. The van der Waals surface area contributed by atoms with E-state index >= 15 is 0 Å². The zero-order valence-corrected chi connectivity index (χ0v) is 15.8. The first-order valence-corrected chi connectivity index (χ1v) is 10.2. The van der Waals surface area contributed by atoms with E-state index in [2.05, 4.69) is 4.72 Å². The first-order chi connectivity index (χ1) is 12.6. The van der Waals surface area contributed by atoms with Gasteiger partial charge in [-0.1, -0.05) is 12.1 Å². The van der Waals surface area contributed by atoms with Gasteiger partial charge in [0.2, 0.25) is 10.0 Å². The van der Waals surface area contributed by atoms with E-state index in [1.807, 2.05) is 24.6 Å². The third kappa shape index (κ3) is 3.95. The SMILES string of the molecule is CC(C)n1cc(-c2ccc(F)c(C(F)F)c2)c2ccc(NS(C)(=O)=O)cc21. The van der Waals surface area contributed by atoms with Crippen LogP contribution < -0.4 is 4.72 Å². The molecule has 1 heterocycles. The molecule has 0 bridgehead atoms. The van der Waals surface area contributed by atoms with E-state index in [4.69, 9.17) is 0 Å². The smallest absolute Gasteiger partial charge is 0.266 e. The van der Waals surface area contributed by atoms with E-state index < -0.39 is 27.8 Å². The fraction of sp³-hybridized carbons (Fsp3) is 0.263. The molecule has 0 spiro atoms. The average Bonchev–Trinajstić information content (AvgIpc) is 2.92. The Balaban J connectivity index is 2.21. The molecule has 0 radical (unpaired) electrons. The van der Waals surface area contributed by atoms with Crippen molar-refractivity contribution in [3.8, 4) is 11.1 Å². The van der Waals surface area contributed by atoms with Crippen molar-refractivity contribution in [2.45, 2.75) is 26.3 Å². The average molecular weight is 396 g/mol. The first-order valence-electron chi connectivity index (χ1n) is 8.27. The number of nitrogens with one attached hydrogen (secondary N) is 1. The lowest BCUT2D eigenvalue weighted by atomic mass is 10.0. The highest BCUT2D eigenvalue weighted by Gasteiger charge is 2.18. The summed E-state index contributed by atoms with van der Waals surface area (Å²) in [5.74, 6) is -0.944. The maximum absolute atomic E-state index is 13.6. The second-order valence-corrected chi connectivity index (χ2v) is 8.44. The van der Waals surface area contributed by atoms with Gasteiger partial charge in [-0.15, -0.1) is 0 Å². The van der Waals surface area contributed by atoms with Crippen LogP contribution in [0.2, 0.25) is 0 Å². The number of nitrogens with zero attached hydrogens (tertiary/aromatic N) is 1. The van der Waals surface area contributed by atoms with Gasteiger partial charge in [0, 0.05) is 23.2 Å². The molecular weight excluding hydrogens is 377 g/mol. The normalized spacial score (nSPS) is 12.3. The van der Waals surface area contributed by atoms with Crippen LogP contribution in [0.1, 0.15) is 31.9 Å². The van der Waals surface area contributed by atoms with Crippen molar-refractivity contribution >= 4 is 26.6 Å². The Bertz CT molecular complexity index is 1110. The molecule has 8 heteroatoms. The molecule has 0 aliphatic rings. The Morgan fingerprint density at radius 3 is 2.37 bits per heavy atom. The Hall–Kier alpha value is -2.48. The van der Waals surface area contributed by atoms with Crippen molar-refractivity contribution in [2.75, 3.05) is 11.0 Å². The molecule has 2 aromatic carbocycles. The van der Waals surface area contributed by atoms with Gasteiger partial charge in [-0.05, 0) is 43.7 Å². The number of aromatic nitrogens is 1. The maximum atomic E-state index is 13.6. The Morgan fingerprint density at radius 1 is 1.07 bits per heavy atom. The number of benzene rings is 2. The summed E-state index contributed by atoms with van der Waals surface area (Å²) in [6, 6.07) is 8.72. The van der Waals surface area contributed by atoms with E-state index in [1.165, 1.54) is 6.07 Å². The molecule has 3 aromatic rings. The lowest BCUT2D eigenvalue weighted by Gasteiger charge is -2.10. The lowest BCUT2D eigenvalue weighted by Crippen LogP contribution is -2.09. The van der Waals surface area contributed by atoms with Crippen LogP contribution in [0.4, 0.5) is 18.9 Å². The minimum absolute atomic E-state index is 0.0461. The van der Waals surface area contributed by atoms with Gasteiger partial charge in [0.15, 0.2) is 0 Å². The van der Waals surface area contributed by atoms with E-state index in [1.54, 1.807) is 18.2 Å². The van der Waals surface area contributed by atoms with Crippen LogP contribution in [0.25, 0.3) is 22.0 Å². The van der Waals surface area contributed by atoms with E-state index in [-0.39, 0.29) is 6.04 Å². The molecular formula is C19H19F3N2O2S. The number of hydrogen-bond donors (Lipinski definition) is 1. The number of anilines is 1. The topological polar surface area (TPSA) is 51.1 Å². The van der Waals surface area contributed by atoms with Crippen LogP contribution in [0.15, 0.2) is 42.6 Å². The molecule has 3 rings (SSSR count). The van der Waals surface area contributed by atoms with Crippen LogP contribution in [0.3, 0.4) is 0 Å². The van der Waals surface area contributed by atoms with Crippen LogP contribution in [-0.4, -0.2) is 19.2 Å². The molecule has 4 nitrogen and oxygen atoms in total. The second kappa shape index (κ2) is 6.92. The molecule has 0 atom stereocenters. The number of hydrogen-bond acceptors (Lipinski definition) is 2. The highest BCUT2D eigenvalue weighted by Crippen LogP contribution is 2.36. The quantitative estimate of drug-likeness (QED) is 0.633. The number of halogens is 3. The third-order valence-electron chi connectivity index (χ3n) is 4.24. The Kier molecular flexibility index (Phi) is 4.94. The number of rotatable bonds is 5. The zero-order chi connectivity index (χ0) is 19.9. The standard InChI is InChI=1S/C19H19F3N2O2S/c1-11(2)24-10-16(12-4-7-17(20)15(8-12)19(21)22)14-6-5-13(9-18(14)24)23-27(3,25)26/h4-11,19,23H,1-3H3. The van der Waals surface area contributed by atoms with Crippen LogP contribution in [-0.2, 0) is 10.0 Å². The molecule has 0 aliphatic heterocycles. The van der Waals surface area contributed by atoms with Crippen LogP contribution in [0, 0.1) is 5.82 Å².